The van der Waals surface area contributed by atoms with Gasteiger partial charge in [0.05, 0.1) is 5.52 Å². The van der Waals surface area contributed by atoms with Gasteiger partial charge in [-0.1, -0.05) is 158 Å². The summed E-state index contributed by atoms with van der Waals surface area (Å²) in [5, 5.41) is 2.53. The molecule has 7 rings (SSSR count). The maximum Gasteiger partial charge on any atom is 0.0538 e. The van der Waals surface area contributed by atoms with E-state index in [0.717, 1.165) is 0 Å². The molecular weight excluding hydrogens is 470 g/mol. The Kier molecular flexibility index (Phi) is 7.14. The van der Waals surface area contributed by atoms with Crippen molar-refractivity contribution in [1.29, 1.82) is 0 Å². The minimum absolute atomic E-state index is 1.18. The van der Waals surface area contributed by atoms with Crippen LogP contribution in [0.2, 0.25) is 0 Å². The lowest BCUT2D eigenvalue weighted by molar-refractivity contribution is 1.52. The second kappa shape index (κ2) is 11.5. The Morgan fingerprint density at radius 3 is 1.44 bits per heavy atom. The van der Waals surface area contributed by atoms with Crippen molar-refractivity contribution in [1.82, 2.24) is 4.98 Å². The van der Waals surface area contributed by atoms with E-state index in [0.29, 0.717) is 0 Å². The lowest BCUT2D eigenvalue weighted by Crippen LogP contribution is -1.88. The third-order valence-electron chi connectivity index (χ3n) is 6.92. The Hall–Kier alpha value is -5.14. The van der Waals surface area contributed by atoms with Crippen molar-refractivity contribution in [3.05, 3.63) is 180 Å². The third-order valence-corrected chi connectivity index (χ3v) is 6.92. The predicted molar refractivity (Wildman–Crippen MR) is 168 cm³/mol. The molecule has 1 N–H and O–H groups in total. The first-order valence-electron chi connectivity index (χ1n) is 13.3. The minimum atomic E-state index is 1.18. The summed E-state index contributed by atoms with van der Waals surface area (Å²) in [6.07, 6.45) is 2.29. The number of hydrogen-bond acceptors (Lipinski definition) is 0. The summed E-state index contributed by atoms with van der Waals surface area (Å²) >= 11 is 0. The fourth-order valence-electron chi connectivity index (χ4n) is 5.00. The van der Waals surface area contributed by atoms with Crippen LogP contribution < -0.4 is 0 Å². The van der Waals surface area contributed by atoms with E-state index < -0.39 is 0 Å². The molecule has 186 valence electrons. The normalized spacial score (nSPS) is 10.6. The second-order valence-electron chi connectivity index (χ2n) is 9.46. The number of H-pyrrole nitrogens is 1. The summed E-state index contributed by atoms with van der Waals surface area (Å²) in [7, 11) is 0. The second-order valence-corrected chi connectivity index (χ2v) is 9.46. The number of benzene rings is 6. The zero-order valence-electron chi connectivity index (χ0n) is 21.7. The average Bonchev–Trinajstić information content (AvgIpc) is 3.42. The maximum atomic E-state index is 3.61. The van der Waals surface area contributed by atoms with Crippen LogP contribution >= 0.6 is 0 Å². The number of aromatic amines is 1. The van der Waals surface area contributed by atoms with Crippen molar-refractivity contribution in [3.63, 3.8) is 0 Å². The molecule has 0 aliphatic carbocycles. The quantitative estimate of drug-likeness (QED) is 0.232. The van der Waals surface area contributed by atoms with Gasteiger partial charge in [-0.2, -0.15) is 0 Å². The van der Waals surface area contributed by atoms with E-state index >= 15 is 0 Å². The predicted octanol–water partition coefficient (Wildman–Crippen LogP) is 10.3. The van der Waals surface area contributed by atoms with Gasteiger partial charge in [0.15, 0.2) is 0 Å². The first-order chi connectivity index (χ1) is 19.4. The molecule has 0 bridgehead atoms. The molecule has 0 saturated carbocycles. The number of para-hydroxylation sites is 2. The minimum Gasteiger partial charge on any atom is -0.354 e. The van der Waals surface area contributed by atoms with Crippen molar-refractivity contribution >= 4 is 33.5 Å². The molecule has 0 saturated heterocycles. The van der Waals surface area contributed by atoms with Gasteiger partial charge in [-0.25, -0.2) is 0 Å². The Morgan fingerprint density at radius 2 is 0.872 bits per heavy atom. The van der Waals surface area contributed by atoms with Crippen LogP contribution in [0.3, 0.4) is 0 Å². The highest BCUT2D eigenvalue weighted by Crippen LogP contribution is 2.32. The molecule has 0 spiro atoms. The molecule has 1 aromatic heterocycles. The molecule has 1 nitrogen and oxygen atoms in total. The van der Waals surface area contributed by atoms with Crippen LogP contribution in [0.25, 0.3) is 44.6 Å². The monoisotopic (exact) mass is 499 g/mol. The molecule has 1 heteroatoms. The van der Waals surface area contributed by atoms with Gasteiger partial charge in [0.25, 0.3) is 0 Å². The molecule has 0 fully saturated rings. The van der Waals surface area contributed by atoms with Crippen LogP contribution in [0.15, 0.2) is 164 Å². The molecule has 0 atom stereocenters. The average molecular weight is 500 g/mol. The smallest absolute Gasteiger partial charge is 0.0538 e. The highest BCUT2D eigenvalue weighted by atomic mass is 14.7. The van der Waals surface area contributed by atoms with Gasteiger partial charge in [-0.3, -0.25) is 0 Å². The van der Waals surface area contributed by atoms with E-state index in [-0.39, 0.29) is 0 Å². The summed E-state index contributed by atoms with van der Waals surface area (Å²) in [6, 6.07) is 57.0. The van der Waals surface area contributed by atoms with Crippen molar-refractivity contribution < 1.29 is 0 Å². The van der Waals surface area contributed by atoms with Crippen molar-refractivity contribution in [2.45, 2.75) is 0 Å². The van der Waals surface area contributed by atoms with Gasteiger partial charge in [-0.05, 0) is 45.5 Å². The van der Waals surface area contributed by atoms with Crippen LogP contribution in [0.1, 0.15) is 16.7 Å². The maximum absolute atomic E-state index is 3.61. The van der Waals surface area contributed by atoms with Crippen molar-refractivity contribution in [3.8, 4) is 11.1 Å². The number of rotatable bonds is 4. The molecule has 1 heterocycles. The Labute approximate surface area is 229 Å². The molecule has 0 aliphatic heterocycles. The van der Waals surface area contributed by atoms with Crippen LogP contribution in [0, 0.1) is 0 Å². The van der Waals surface area contributed by atoms with Crippen LogP contribution in [0.4, 0.5) is 0 Å². The topological polar surface area (TPSA) is 15.8 Å². The molecule has 6 aromatic carbocycles. The van der Waals surface area contributed by atoms with Crippen LogP contribution in [-0.2, 0) is 0 Å². The summed E-state index contributed by atoms with van der Waals surface area (Å²) in [5.41, 5.74) is 9.77. The SMILES string of the molecule is C(=C(c1ccccc1)c1ccccc1)c1cccc2c1[nH]c1ccccc12.c1ccc(-c2ccccc2)cc1. The molecule has 0 aliphatic rings. The zero-order valence-corrected chi connectivity index (χ0v) is 21.7. The molecule has 0 radical (unpaired) electrons. The van der Waals surface area contributed by atoms with Gasteiger partial charge < -0.3 is 4.98 Å². The zero-order chi connectivity index (χ0) is 26.3. The van der Waals surface area contributed by atoms with Gasteiger partial charge in [-0.15, -0.1) is 0 Å². The largest absolute Gasteiger partial charge is 0.354 e. The Balaban J connectivity index is 0.000000193. The standard InChI is InChI=1S/C26H19N.C12H10/c1-3-10-19(11-4-1)24(20-12-5-2-6-13-20)18-21-14-9-16-23-22-15-7-8-17-25(22)27-26(21)23;1-3-7-11(8-4-1)12-9-5-2-6-10-12/h1-18,27H;1-10H. The lowest BCUT2D eigenvalue weighted by Gasteiger charge is -2.09. The van der Waals surface area contributed by atoms with E-state index in [4.69, 9.17) is 0 Å². The number of fused-ring (bicyclic) bond motifs is 3. The van der Waals surface area contributed by atoms with E-state index in [2.05, 4.69) is 163 Å². The Bertz CT molecular complexity index is 1740. The number of aromatic nitrogens is 1. The summed E-state index contributed by atoms with van der Waals surface area (Å²) in [4.78, 5) is 3.61. The molecule has 7 aromatic rings. The highest BCUT2D eigenvalue weighted by molar-refractivity contribution is 6.10. The fourth-order valence-corrected chi connectivity index (χ4v) is 5.00. The van der Waals surface area contributed by atoms with E-state index in [1.807, 2.05) is 12.1 Å². The van der Waals surface area contributed by atoms with Gasteiger partial charge in [0, 0.05) is 16.3 Å². The highest BCUT2D eigenvalue weighted by Gasteiger charge is 2.09. The summed E-state index contributed by atoms with van der Waals surface area (Å²) in [5.74, 6) is 0. The van der Waals surface area contributed by atoms with E-state index in [1.54, 1.807) is 0 Å². The first kappa shape index (κ1) is 24.2. The van der Waals surface area contributed by atoms with Crippen molar-refractivity contribution in [2.24, 2.45) is 0 Å². The van der Waals surface area contributed by atoms with E-state index in [9.17, 15) is 0 Å². The Morgan fingerprint density at radius 1 is 0.410 bits per heavy atom. The summed E-state index contributed by atoms with van der Waals surface area (Å²) < 4.78 is 0. The molecule has 0 amide bonds. The number of nitrogens with one attached hydrogen (secondary N) is 1. The third kappa shape index (κ3) is 5.44. The van der Waals surface area contributed by atoms with Gasteiger partial charge >= 0.3 is 0 Å². The van der Waals surface area contributed by atoms with E-state index in [1.165, 1.54) is 55.2 Å². The molecular formula is C38H29N. The summed E-state index contributed by atoms with van der Waals surface area (Å²) in [6.45, 7) is 0. The first-order valence-corrected chi connectivity index (χ1v) is 13.3. The molecule has 0 unspecified atom stereocenters. The lowest BCUT2D eigenvalue weighted by atomic mass is 9.95. The van der Waals surface area contributed by atoms with Crippen molar-refractivity contribution in [2.75, 3.05) is 0 Å². The van der Waals surface area contributed by atoms with Gasteiger partial charge in [0.1, 0.15) is 0 Å². The van der Waals surface area contributed by atoms with Crippen LogP contribution in [0.5, 0.6) is 0 Å². The fraction of sp³-hybridized carbons (Fsp3) is 0. The molecule has 39 heavy (non-hydrogen) atoms. The van der Waals surface area contributed by atoms with Crippen LogP contribution in [-0.4, -0.2) is 4.98 Å². The van der Waals surface area contributed by atoms with Gasteiger partial charge in [0.2, 0.25) is 0 Å². The number of hydrogen-bond donors (Lipinski definition) is 1.